The zero-order chi connectivity index (χ0) is 15.4. The molecule has 2 rings (SSSR count). The molecular weight excluding hydrogens is 340 g/mol. The minimum Gasteiger partial charge on any atom is -0.495 e. The molecule has 1 heterocycles. The van der Waals surface area contributed by atoms with Crippen molar-refractivity contribution < 1.29 is 19.4 Å². The number of urea groups is 1. The Morgan fingerprint density at radius 1 is 1.38 bits per heavy atom. The third-order valence-electron chi connectivity index (χ3n) is 3.53. The Morgan fingerprint density at radius 2 is 2.05 bits per heavy atom. The van der Waals surface area contributed by atoms with E-state index in [9.17, 15) is 9.59 Å². The number of hydrogen-bond donors (Lipinski definition) is 2. The molecule has 0 atom stereocenters. The molecule has 0 radical (unpaired) electrons. The van der Waals surface area contributed by atoms with Crippen molar-refractivity contribution in [2.75, 3.05) is 25.5 Å². The van der Waals surface area contributed by atoms with Crippen molar-refractivity contribution in [1.82, 2.24) is 4.90 Å². The number of carbonyl (C=O) groups is 2. The molecule has 0 saturated carbocycles. The van der Waals surface area contributed by atoms with E-state index in [0.717, 1.165) is 4.47 Å². The van der Waals surface area contributed by atoms with E-state index in [1.54, 1.807) is 17.0 Å². The van der Waals surface area contributed by atoms with Gasteiger partial charge in [-0.25, -0.2) is 4.79 Å². The van der Waals surface area contributed by atoms with Gasteiger partial charge in [-0.3, -0.25) is 4.79 Å². The highest BCUT2D eigenvalue weighted by Gasteiger charge is 2.27. The van der Waals surface area contributed by atoms with Crippen LogP contribution < -0.4 is 10.1 Å². The molecule has 0 bridgehead atoms. The van der Waals surface area contributed by atoms with E-state index in [-0.39, 0.29) is 11.9 Å². The zero-order valence-electron chi connectivity index (χ0n) is 11.6. The summed E-state index contributed by atoms with van der Waals surface area (Å²) in [6.07, 6.45) is 0.969. The van der Waals surface area contributed by atoms with Gasteiger partial charge >= 0.3 is 12.0 Å². The van der Waals surface area contributed by atoms with Crippen LogP contribution in [0.2, 0.25) is 0 Å². The maximum atomic E-state index is 12.2. The molecule has 21 heavy (non-hydrogen) atoms. The molecule has 1 aliphatic heterocycles. The molecule has 0 aliphatic carbocycles. The minimum absolute atomic E-state index is 0.241. The van der Waals surface area contributed by atoms with Crippen LogP contribution in [0.5, 0.6) is 5.75 Å². The highest BCUT2D eigenvalue weighted by Crippen LogP contribution is 2.28. The average molecular weight is 357 g/mol. The maximum absolute atomic E-state index is 12.2. The number of amides is 2. The highest BCUT2D eigenvalue weighted by atomic mass is 79.9. The predicted octanol–water partition coefficient (Wildman–Crippen LogP) is 2.79. The lowest BCUT2D eigenvalue weighted by molar-refractivity contribution is -0.143. The highest BCUT2D eigenvalue weighted by molar-refractivity contribution is 9.10. The smallest absolute Gasteiger partial charge is 0.321 e. The summed E-state index contributed by atoms with van der Waals surface area (Å²) in [4.78, 5) is 24.7. The first kappa shape index (κ1) is 15.6. The third kappa shape index (κ3) is 3.87. The number of hydrogen-bond acceptors (Lipinski definition) is 3. The maximum Gasteiger partial charge on any atom is 0.321 e. The van der Waals surface area contributed by atoms with Gasteiger partial charge in [-0.1, -0.05) is 15.9 Å². The van der Waals surface area contributed by atoms with Crippen LogP contribution in [0, 0.1) is 5.92 Å². The largest absolute Gasteiger partial charge is 0.495 e. The fraction of sp³-hybridized carbons (Fsp3) is 0.429. The molecule has 0 spiro atoms. The van der Waals surface area contributed by atoms with E-state index >= 15 is 0 Å². The number of nitrogens with one attached hydrogen (secondary N) is 1. The van der Waals surface area contributed by atoms with Gasteiger partial charge < -0.3 is 20.1 Å². The number of carbonyl (C=O) groups excluding carboxylic acids is 1. The molecule has 1 fully saturated rings. The lowest BCUT2D eigenvalue weighted by Crippen LogP contribution is -2.42. The van der Waals surface area contributed by atoms with Gasteiger partial charge in [-0.15, -0.1) is 0 Å². The molecule has 1 aromatic rings. The zero-order valence-corrected chi connectivity index (χ0v) is 13.2. The van der Waals surface area contributed by atoms with Crippen molar-refractivity contribution in [3.63, 3.8) is 0 Å². The molecule has 0 unspecified atom stereocenters. The third-order valence-corrected chi connectivity index (χ3v) is 4.03. The number of halogens is 1. The summed E-state index contributed by atoms with van der Waals surface area (Å²) in [6.45, 7) is 0.887. The van der Waals surface area contributed by atoms with Crippen LogP contribution in [-0.2, 0) is 4.79 Å². The topological polar surface area (TPSA) is 78.9 Å². The Kier molecular flexibility index (Phi) is 5.06. The molecule has 0 aromatic heterocycles. The van der Waals surface area contributed by atoms with Crippen LogP contribution in [0.15, 0.2) is 22.7 Å². The number of carboxylic acids is 1. The van der Waals surface area contributed by atoms with Gasteiger partial charge in [-0.05, 0) is 31.0 Å². The summed E-state index contributed by atoms with van der Waals surface area (Å²) in [5, 5.41) is 11.8. The van der Waals surface area contributed by atoms with Gasteiger partial charge in [0.1, 0.15) is 5.75 Å². The van der Waals surface area contributed by atoms with E-state index in [4.69, 9.17) is 9.84 Å². The summed E-state index contributed by atoms with van der Waals surface area (Å²) in [5.74, 6) is -0.565. The summed E-state index contributed by atoms with van der Waals surface area (Å²) in [6, 6.07) is 5.11. The van der Waals surface area contributed by atoms with Crippen molar-refractivity contribution in [1.29, 1.82) is 0 Å². The first-order valence-corrected chi connectivity index (χ1v) is 7.43. The molecule has 1 saturated heterocycles. The Hall–Kier alpha value is -1.76. The van der Waals surface area contributed by atoms with Gasteiger partial charge in [0.15, 0.2) is 0 Å². The Labute approximate surface area is 131 Å². The summed E-state index contributed by atoms with van der Waals surface area (Å²) in [7, 11) is 1.54. The quantitative estimate of drug-likeness (QED) is 0.872. The van der Waals surface area contributed by atoms with Crippen LogP contribution >= 0.6 is 15.9 Å². The number of methoxy groups -OCH3 is 1. The second-order valence-electron chi connectivity index (χ2n) is 4.87. The molecular formula is C14H17BrN2O4. The number of benzene rings is 1. The number of aliphatic carboxylic acids is 1. The summed E-state index contributed by atoms with van der Waals surface area (Å²) in [5.41, 5.74) is 0.581. The standard InChI is InChI=1S/C14H17BrN2O4/c1-21-12-3-2-10(15)8-11(12)16-14(20)17-6-4-9(5-7-17)13(18)19/h2-3,8-9H,4-7H2,1H3,(H,16,20)(H,18,19). The number of likely N-dealkylation sites (tertiary alicyclic amines) is 1. The Bertz CT molecular complexity index is 542. The van der Waals surface area contributed by atoms with E-state index in [2.05, 4.69) is 21.2 Å². The molecule has 114 valence electrons. The van der Waals surface area contributed by atoms with Crippen LogP contribution in [0.25, 0.3) is 0 Å². The molecule has 1 aliphatic rings. The molecule has 7 heteroatoms. The first-order valence-electron chi connectivity index (χ1n) is 6.63. The van der Waals surface area contributed by atoms with Gasteiger partial charge in [-0.2, -0.15) is 0 Å². The van der Waals surface area contributed by atoms with Crippen molar-refractivity contribution >= 4 is 33.6 Å². The SMILES string of the molecule is COc1ccc(Br)cc1NC(=O)N1CCC(C(=O)O)CC1. The number of ether oxygens (including phenoxy) is 1. The molecule has 1 aromatic carbocycles. The Morgan fingerprint density at radius 3 is 2.62 bits per heavy atom. The predicted molar refractivity (Wildman–Crippen MR) is 81.6 cm³/mol. The van der Waals surface area contributed by atoms with Crippen molar-refractivity contribution in [3.8, 4) is 5.75 Å². The van der Waals surface area contributed by atoms with Gasteiger partial charge in [0, 0.05) is 17.6 Å². The molecule has 2 amide bonds. The normalized spacial score (nSPS) is 15.6. The number of carboxylic acid groups (broad SMARTS) is 1. The lowest BCUT2D eigenvalue weighted by Gasteiger charge is -2.30. The van der Waals surface area contributed by atoms with Gasteiger partial charge in [0.2, 0.25) is 0 Å². The summed E-state index contributed by atoms with van der Waals surface area (Å²) < 4.78 is 6.04. The van der Waals surface area contributed by atoms with Gasteiger partial charge in [0.05, 0.1) is 18.7 Å². The monoisotopic (exact) mass is 356 g/mol. The van der Waals surface area contributed by atoms with Crippen molar-refractivity contribution in [3.05, 3.63) is 22.7 Å². The number of nitrogens with zero attached hydrogens (tertiary/aromatic N) is 1. The fourth-order valence-electron chi connectivity index (χ4n) is 2.30. The van der Waals surface area contributed by atoms with E-state index in [1.165, 1.54) is 7.11 Å². The number of piperidine rings is 1. The second kappa shape index (κ2) is 6.80. The number of anilines is 1. The van der Waals surface area contributed by atoms with E-state index in [1.807, 2.05) is 6.07 Å². The molecule has 2 N–H and O–H groups in total. The van der Waals surface area contributed by atoms with Crippen molar-refractivity contribution in [2.24, 2.45) is 5.92 Å². The fourth-order valence-corrected chi connectivity index (χ4v) is 2.66. The average Bonchev–Trinajstić information content (AvgIpc) is 2.47. The van der Waals surface area contributed by atoms with Crippen LogP contribution in [0.4, 0.5) is 10.5 Å². The van der Waals surface area contributed by atoms with Crippen LogP contribution in [0.1, 0.15) is 12.8 Å². The second-order valence-corrected chi connectivity index (χ2v) is 5.79. The molecule has 6 nitrogen and oxygen atoms in total. The van der Waals surface area contributed by atoms with Gasteiger partial charge in [0.25, 0.3) is 0 Å². The van der Waals surface area contributed by atoms with Crippen molar-refractivity contribution in [2.45, 2.75) is 12.8 Å². The minimum atomic E-state index is -0.788. The summed E-state index contributed by atoms with van der Waals surface area (Å²) >= 11 is 3.35. The Balaban J connectivity index is 1.99. The number of rotatable bonds is 3. The van der Waals surface area contributed by atoms with Crippen LogP contribution in [-0.4, -0.2) is 42.2 Å². The van der Waals surface area contributed by atoms with Crippen LogP contribution in [0.3, 0.4) is 0 Å². The first-order chi connectivity index (χ1) is 10.0. The van der Waals surface area contributed by atoms with E-state index < -0.39 is 5.97 Å². The van der Waals surface area contributed by atoms with E-state index in [0.29, 0.717) is 37.4 Å². The lowest BCUT2D eigenvalue weighted by atomic mass is 9.97.